The fraction of sp³-hybridized carbons (Fsp3) is 0.120. The van der Waals surface area contributed by atoms with E-state index < -0.39 is 38.3 Å². The summed E-state index contributed by atoms with van der Waals surface area (Å²) in [6.45, 7) is 0. The van der Waals surface area contributed by atoms with Gasteiger partial charge in [-0.25, -0.2) is 13.6 Å². The molecular weight excluding hydrogens is 454 g/mol. The molecule has 0 aromatic heterocycles. The van der Waals surface area contributed by atoms with Crippen molar-refractivity contribution in [3.8, 4) is 11.1 Å². The molecule has 176 valence electrons. The van der Waals surface area contributed by atoms with E-state index >= 15 is 0 Å². The minimum atomic E-state index is -4.41. The Morgan fingerprint density at radius 1 is 1.00 bits per heavy atom. The van der Waals surface area contributed by atoms with E-state index in [0.717, 1.165) is 5.56 Å². The topological polar surface area (TPSA) is 167 Å². The number of carboxylic acids is 1. The predicted molar refractivity (Wildman–Crippen MR) is 131 cm³/mol. The average Bonchev–Trinajstić information content (AvgIpc) is 2.77. The standard InChI is InChI=1S/C25H25N3O5S/c26-23-20(18-9-5-2-6-10-18)15-19(24(34(28,32)33)22(23)25(27)31)12-11-17(14-21(29)30)13-16-7-3-1-4-8-16/h1-12,15,17H,13-14,26H2,(H2,27,31)(H,29,30)(H2,28,32,33)/b12-11+. The lowest BCUT2D eigenvalue weighted by atomic mass is 9.93. The molecule has 0 saturated heterocycles. The van der Waals surface area contributed by atoms with Gasteiger partial charge in [-0.15, -0.1) is 0 Å². The van der Waals surface area contributed by atoms with E-state index in [0.29, 0.717) is 17.5 Å². The molecule has 8 nitrogen and oxygen atoms in total. The monoisotopic (exact) mass is 479 g/mol. The Bertz CT molecular complexity index is 1340. The molecule has 3 aromatic carbocycles. The van der Waals surface area contributed by atoms with Gasteiger partial charge in [0.15, 0.2) is 0 Å². The Labute approximate surface area is 197 Å². The molecule has 0 spiro atoms. The molecular formula is C25H25N3O5S. The van der Waals surface area contributed by atoms with Gasteiger partial charge in [0.05, 0.1) is 17.7 Å². The number of primary sulfonamides is 1. The van der Waals surface area contributed by atoms with E-state index in [-0.39, 0.29) is 17.7 Å². The highest BCUT2D eigenvalue weighted by Crippen LogP contribution is 2.36. The number of carbonyl (C=O) groups is 2. The van der Waals surface area contributed by atoms with Crippen molar-refractivity contribution in [2.75, 3.05) is 5.73 Å². The number of nitrogens with two attached hydrogens (primary N) is 3. The molecule has 0 aliphatic heterocycles. The summed E-state index contributed by atoms with van der Waals surface area (Å²) < 4.78 is 25.0. The van der Waals surface area contributed by atoms with Crippen LogP contribution in [-0.2, 0) is 21.2 Å². The van der Waals surface area contributed by atoms with Gasteiger partial charge in [0.1, 0.15) is 4.90 Å². The lowest BCUT2D eigenvalue weighted by Crippen LogP contribution is -2.24. The number of nitrogen functional groups attached to an aromatic ring is 1. The van der Waals surface area contributed by atoms with Crippen LogP contribution in [0.4, 0.5) is 5.69 Å². The van der Waals surface area contributed by atoms with Crippen LogP contribution in [0.5, 0.6) is 0 Å². The van der Waals surface area contributed by atoms with Crippen molar-refractivity contribution in [3.63, 3.8) is 0 Å². The molecule has 0 bridgehead atoms. The Balaban J connectivity index is 2.19. The van der Waals surface area contributed by atoms with Gasteiger partial charge >= 0.3 is 5.97 Å². The summed E-state index contributed by atoms with van der Waals surface area (Å²) in [5, 5.41) is 14.8. The van der Waals surface area contributed by atoms with Crippen LogP contribution in [0.25, 0.3) is 17.2 Å². The third-order valence-corrected chi connectivity index (χ3v) is 6.30. The summed E-state index contributed by atoms with van der Waals surface area (Å²) in [5.74, 6) is -2.50. The van der Waals surface area contributed by atoms with Gasteiger partial charge in [-0.05, 0) is 35.1 Å². The number of amides is 1. The fourth-order valence-corrected chi connectivity index (χ4v) is 4.77. The second-order valence-corrected chi connectivity index (χ2v) is 9.31. The van der Waals surface area contributed by atoms with Crippen LogP contribution in [0.3, 0.4) is 0 Å². The second-order valence-electron chi connectivity index (χ2n) is 7.81. The molecule has 0 aliphatic carbocycles. The largest absolute Gasteiger partial charge is 0.481 e. The molecule has 0 heterocycles. The van der Waals surface area contributed by atoms with Crippen LogP contribution in [0.15, 0.2) is 77.7 Å². The fourth-order valence-electron chi connectivity index (χ4n) is 3.82. The number of carboxylic acid groups (broad SMARTS) is 1. The number of allylic oxidation sites excluding steroid dienone is 1. The highest BCUT2D eigenvalue weighted by Gasteiger charge is 2.27. The minimum absolute atomic E-state index is 0.0906. The Kier molecular flexibility index (Phi) is 7.50. The van der Waals surface area contributed by atoms with E-state index in [1.807, 2.05) is 30.3 Å². The van der Waals surface area contributed by atoms with Crippen molar-refractivity contribution >= 4 is 33.7 Å². The number of primary amides is 1. The SMILES string of the molecule is NC(=O)c1c(N)c(-c2ccccc2)cc(/C=C/C(CC(=O)O)Cc2ccccc2)c1S(N)(=O)=O. The van der Waals surface area contributed by atoms with Crippen molar-refractivity contribution in [1.82, 2.24) is 0 Å². The summed E-state index contributed by atoms with van der Waals surface area (Å²) in [7, 11) is -4.41. The number of carbonyl (C=O) groups excluding carboxylic acids is 1. The van der Waals surface area contributed by atoms with Crippen LogP contribution in [0.2, 0.25) is 0 Å². The zero-order valence-corrected chi connectivity index (χ0v) is 19.0. The summed E-state index contributed by atoms with van der Waals surface area (Å²) in [4.78, 5) is 23.2. The molecule has 1 amide bonds. The predicted octanol–water partition coefficient (Wildman–Crippen LogP) is 3.03. The molecule has 1 atom stereocenters. The first-order valence-corrected chi connectivity index (χ1v) is 11.9. The van der Waals surface area contributed by atoms with E-state index in [1.165, 1.54) is 12.1 Å². The molecule has 1 unspecified atom stereocenters. The molecule has 34 heavy (non-hydrogen) atoms. The molecule has 9 heteroatoms. The van der Waals surface area contributed by atoms with Crippen molar-refractivity contribution in [2.24, 2.45) is 16.8 Å². The number of hydrogen-bond acceptors (Lipinski definition) is 5. The summed E-state index contributed by atoms with van der Waals surface area (Å²) in [5.41, 5.74) is 13.2. The molecule has 0 radical (unpaired) electrons. The highest BCUT2D eigenvalue weighted by atomic mass is 32.2. The second kappa shape index (κ2) is 10.3. The minimum Gasteiger partial charge on any atom is -0.481 e. The number of hydrogen-bond donors (Lipinski definition) is 4. The van der Waals surface area contributed by atoms with Crippen LogP contribution >= 0.6 is 0 Å². The Morgan fingerprint density at radius 2 is 1.59 bits per heavy atom. The van der Waals surface area contributed by atoms with Crippen molar-refractivity contribution < 1.29 is 23.1 Å². The molecule has 7 N–H and O–H groups in total. The van der Waals surface area contributed by atoms with Crippen LogP contribution in [-0.4, -0.2) is 25.4 Å². The van der Waals surface area contributed by atoms with E-state index in [4.69, 9.17) is 16.6 Å². The number of anilines is 1. The summed E-state index contributed by atoms with van der Waals surface area (Å²) in [6, 6.07) is 19.7. The van der Waals surface area contributed by atoms with Crippen LogP contribution in [0.1, 0.15) is 27.9 Å². The third kappa shape index (κ3) is 5.89. The lowest BCUT2D eigenvalue weighted by Gasteiger charge is -2.17. The number of rotatable bonds is 9. The zero-order valence-electron chi connectivity index (χ0n) is 18.2. The number of sulfonamides is 1. The van der Waals surface area contributed by atoms with Crippen molar-refractivity contribution in [3.05, 3.63) is 89.5 Å². The molecule has 0 aliphatic rings. The van der Waals surface area contributed by atoms with E-state index in [2.05, 4.69) is 0 Å². The molecule has 3 rings (SSSR count). The maximum atomic E-state index is 12.5. The van der Waals surface area contributed by atoms with E-state index in [9.17, 15) is 23.1 Å². The van der Waals surface area contributed by atoms with Gasteiger partial charge in [-0.1, -0.05) is 72.8 Å². The molecule has 0 fully saturated rings. The van der Waals surface area contributed by atoms with E-state index in [1.54, 1.807) is 36.4 Å². The summed E-state index contributed by atoms with van der Waals surface area (Å²) >= 11 is 0. The zero-order chi connectivity index (χ0) is 24.9. The first kappa shape index (κ1) is 24.7. The highest BCUT2D eigenvalue weighted by molar-refractivity contribution is 7.89. The van der Waals surface area contributed by atoms with Crippen molar-refractivity contribution in [2.45, 2.75) is 17.7 Å². The quantitative estimate of drug-likeness (QED) is 0.344. The Morgan fingerprint density at radius 3 is 2.12 bits per heavy atom. The summed E-state index contributed by atoms with van der Waals surface area (Å²) in [6.07, 6.45) is 3.28. The van der Waals surface area contributed by atoms with Crippen molar-refractivity contribution in [1.29, 1.82) is 0 Å². The third-order valence-electron chi connectivity index (χ3n) is 5.29. The normalized spacial score (nSPS) is 12.5. The average molecular weight is 480 g/mol. The van der Waals surface area contributed by atoms with Crippen LogP contribution in [0, 0.1) is 5.92 Å². The van der Waals surface area contributed by atoms with Gasteiger partial charge in [-0.2, -0.15) is 0 Å². The number of aliphatic carboxylic acids is 1. The number of benzene rings is 3. The first-order valence-electron chi connectivity index (χ1n) is 10.4. The van der Waals surface area contributed by atoms with Gasteiger partial charge in [0, 0.05) is 5.56 Å². The van der Waals surface area contributed by atoms with Gasteiger partial charge in [0.2, 0.25) is 10.0 Å². The van der Waals surface area contributed by atoms with Gasteiger partial charge in [0.25, 0.3) is 5.91 Å². The van der Waals surface area contributed by atoms with Gasteiger partial charge < -0.3 is 16.6 Å². The smallest absolute Gasteiger partial charge is 0.303 e. The molecule has 3 aromatic rings. The lowest BCUT2D eigenvalue weighted by molar-refractivity contribution is -0.137. The molecule has 0 saturated carbocycles. The maximum Gasteiger partial charge on any atom is 0.303 e. The first-order chi connectivity index (χ1) is 16.1. The Hall–Kier alpha value is -3.95. The van der Waals surface area contributed by atoms with Crippen LogP contribution < -0.4 is 16.6 Å². The van der Waals surface area contributed by atoms with Gasteiger partial charge in [-0.3, -0.25) is 9.59 Å². The maximum absolute atomic E-state index is 12.5.